The van der Waals surface area contributed by atoms with Crippen LogP contribution in [-0.2, 0) is 4.79 Å². The fourth-order valence-corrected chi connectivity index (χ4v) is 2.84. The highest BCUT2D eigenvalue weighted by molar-refractivity contribution is 7.80. The molecular formula is C17H12FN3O5S. The third-order valence-electron chi connectivity index (χ3n) is 3.78. The van der Waals surface area contributed by atoms with Crippen molar-refractivity contribution < 1.29 is 24.0 Å². The van der Waals surface area contributed by atoms with Gasteiger partial charge in [-0.3, -0.25) is 14.9 Å². The second kappa shape index (κ2) is 7.00. The van der Waals surface area contributed by atoms with E-state index in [1.165, 1.54) is 37.5 Å². The summed E-state index contributed by atoms with van der Waals surface area (Å²) in [6.45, 7) is 0. The third-order valence-corrected chi connectivity index (χ3v) is 4.06. The van der Waals surface area contributed by atoms with Crippen molar-refractivity contribution >= 4 is 40.7 Å². The number of rotatable bonds is 4. The molecule has 2 aromatic rings. The van der Waals surface area contributed by atoms with E-state index in [1.807, 2.05) is 0 Å². The monoisotopic (exact) mass is 389 g/mol. The molecule has 0 saturated carbocycles. The molecule has 1 heterocycles. The predicted molar refractivity (Wildman–Crippen MR) is 98.9 cm³/mol. The third kappa shape index (κ3) is 3.29. The molecule has 2 N–H and O–H groups in total. The highest BCUT2D eigenvalue weighted by atomic mass is 32.1. The Morgan fingerprint density at radius 3 is 2.70 bits per heavy atom. The quantitative estimate of drug-likeness (QED) is 0.358. The van der Waals surface area contributed by atoms with Crippen LogP contribution in [-0.4, -0.2) is 28.2 Å². The van der Waals surface area contributed by atoms with Gasteiger partial charge in [0, 0.05) is 6.07 Å². The number of nitrogens with zero attached hydrogens (tertiary/aromatic N) is 2. The lowest BCUT2D eigenvalue weighted by Gasteiger charge is -2.14. The normalized spacial score (nSPS) is 15.2. The van der Waals surface area contributed by atoms with Gasteiger partial charge in [-0.05, 0) is 42.1 Å². The van der Waals surface area contributed by atoms with Crippen LogP contribution in [0, 0.1) is 15.9 Å². The number of amides is 1. The van der Waals surface area contributed by atoms with Gasteiger partial charge in [-0.1, -0.05) is 12.1 Å². The molecule has 2 aromatic carbocycles. The van der Waals surface area contributed by atoms with Crippen LogP contribution < -0.4 is 15.0 Å². The molecule has 27 heavy (non-hydrogen) atoms. The smallest absolute Gasteiger partial charge is 0.315 e. The second-order valence-corrected chi connectivity index (χ2v) is 5.81. The number of nitro groups is 1. The molecule has 0 atom stereocenters. The van der Waals surface area contributed by atoms with E-state index in [0.29, 0.717) is 0 Å². The summed E-state index contributed by atoms with van der Waals surface area (Å²) in [6.07, 6.45) is 1.30. The lowest BCUT2D eigenvalue weighted by molar-refractivity contribution is -0.386. The van der Waals surface area contributed by atoms with Crippen molar-refractivity contribution in [2.24, 2.45) is 0 Å². The largest absolute Gasteiger partial charge is 0.500 e. The number of carbonyl (C=O) groups excluding carboxylic acids is 1. The number of benzene rings is 2. The van der Waals surface area contributed by atoms with Crippen molar-refractivity contribution in [3.05, 3.63) is 63.6 Å². The number of hydrogen-bond acceptors (Lipinski definition) is 6. The number of nitro benzene ring substituents is 1. The lowest BCUT2D eigenvalue weighted by Crippen LogP contribution is -2.31. The van der Waals surface area contributed by atoms with Crippen LogP contribution in [0.5, 0.6) is 11.5 Å². The van der Waals surface area contributed by atoms with Crippen molar-refractivity contribution in [2.75, 3.05) is 12.0 Å². The lowest BCUT2D eigenvalue weighted by atomic mass is 10.1. The summed E-state index contributed by atoms with van der Waals surface area (Å²) in [6, 6.07) is 8.03. The van der Waals surface area contributed by atoms with Crippen LogP contribution in [0.2, 0.25) is 0 Å². The molecule has 1 aliphatic rings. The van der Waals surface area contributed by atoms with Crippen LogP contribution in [0.15, 0.2) is 42.1 Å². The SMILES string of the molecule is COc1cc(/C=C2\NC(=S)N(c3ccccc3F)C2=O)cc([N+](=O)[O-])c1O. The molecule has 1 saturated heterocycles. The number of aromatic hydroxyl groups is 1. The molecule has 1 aliphatic heterocycles. The number of methoxy groups -OCH3 is 1. The van der Waals surface area contributed by atoms with E-state index in [4.69, 9.17) is 17.0 Å². The van der Waals surface area contributed by atoms with Crippen LogP contribution in [0.4, 0.5) is 15.8 Å². The molecule has 0 spiro atoms. The maximum atomic E-state index is 14.0. The fraction of sp³-hybridized carbons (Fsp3) is 0.0588. The molecule has 0 aliphatic carbocycles. The number of phenolic OH excluding ortho intramolecular Hbond substituents is 1. The Morgan fingerprint density at radius 1 is 1.37 bits per heavy atom. The summed E-state index contributed by atoms with van der Waals surface area (Å²) in [7, 11) is 1.24. The number of carbonyl (C=O) groups is 1. The van der Waals surface area contributed by atoms with E-state index in [-0.39, 0.29) is 27.8 Å². The summed E-state index contributed by atoms with van der Waals surface area (Å²) >= 11 is 5.10. The van der Waals surface area contributed by atoms with Gasteiger partial charge < -0.3 is 15.2 Å². The number of ether oxygens (including phenoxy) is 1. The highest BCUT2D eigenvalue weighted by Gasteiger charge is 2.33. The number of thiocarbonyl (C=S) groups is 1. The fourth-order valence-electron chi connectivity index (χ4n) is 2.55. The minimum Gasteiger partial charge on any atom is -0.500 e. The molecule has 8 nitrogen and oxygen atoms in total. The summed E-state index contributed by atoms with van der Waals surface area (Å²) in [5.41, 5.74) is -0.395. The Morgan fingerprint density at radius 2 is 2.07 bits per heavy atom. The van der Waals surface area contributed by atoms with E-state index < -0.39 is 28.1 Å². The standard InChI is InChI=1S/C17H12FN3O5S/c1-26-14-8-9(7-13(15(14)22)21(24)25)6-11-16(23)20(17(27)19-11)12-5-3-2-4-10(12)18/h2-8,22H,1H3,(H,19,27)/b11-6-. The van der Waals surface area contributed by atoms with Gasteiger partial charge in [-0.2, -0.15) is 0 Å². The van der Waals surface area contributed by atoms with Crippen molar-refractivity contribution in [1.29, 1.82) is 0 Å². The minimum absolute atomic E-state index is 0.00899. The first kappa shape index (κ1) is 18.3. The Labute approximate surface area is 157 Å². The average molecular weight is 389 g/mol. The van der Waals surface area contributed by atoms with Crippen LogP contribution >= 0.6 is 12.2 Å². The maximum absolute atomic E-state index is 14.0. The van der Waals surface area contributed by atoms with Crippen molar-refractivity contribution in [1.82, 2.24) is 5.32 Å². The number of phenols is 1. The predicted octanol–water partition coefficient (Wildman–Crippen LogP) is 2.71. The van der Waals surface area contributed by atoms with Gasteiger partial charge in [0.1, 0.15) is 11.5 Å². The maximum Gasteiger partial charge on any atom is 0.315 e. The molecule has 0 radical (unpaired) electrons. The molecule has 0 unspecified atom stereocenters. The topological polar surface area (TPSA) is 105 Å². The van der Waals surface area contributed by atoms with Crippen molar-refractivity contribution in [3.8, 4) is 11.5 Å². The molecule has 1 amide bonds. The van der Waals surface area contributed by atoms with E-state index in [0.717, 1.165) is 11.0 Å². The average Bonchev–Trinajstić information content (AvgIpc) is 2.90. The van der Waals surface area contributed by atoms with Crippen LogP contribution in [0.1, 0.15) is 5.56 Å². The van der Waals surface area contributed by atoms with Crippen LogP contribution in [0.25, 0.3) is 6.08 Å². The molecular weight excluding hydrogens is 377 g/mol. The zero-order valence-electron chi connectivity index (χ0n) is 13.8. The van der Waals surface area contributed by atoms with Crippen molar-refractivity contribution in [3.63, 3.8) is 0 Å². The first-order chi connectivity index (χ1) is 12.8. The van der Waals surface area contributed by atoms with Gasteiger partial charge in [0.2, 0.25) is 5.75 Å². The first-order valence-electron chi connectivity index (χ1n) is 7.50. The Balaban J connectivity index is 2.03. The van der Waals surface area contributed by atoms with Crippen LogP contribution in [0.3, 0.4) is 0 Å². The number of anilines is 1. The second-order valence-electron chi connectivity index (χ2n) is 5.43. The highest BCUT2D eigenvalue weighted by Crippen LogP contribution is 2.37. The molecule has 3 rings (SSSR count). The van der Waals surface area contributed by atoms with Gasteiger partial charge in [0.05, 0.1) is 17.7 Å². The van der Waals surface area contributed by atoms with Crippen molar-refractivity contribution in [2.45, 2.75) is 0 Å². The summed E-state index contributed by atoms with van der Waals surface area (Å²) in [5.74, 6) is -2.01. The van der Waals surface area contributed by atoms with E-state index in [2.05, 4.69) is 5.32 Å². The van der Waals surface area contributed by atoms with E-state index >= 15 is 0 Å². The Bertz CT molecular complexity index is 1010. The number of halogens is 1. The summed E-state index contributed by atoms with van der Waals surface area (Å²) < 4.78 is 18.9. The molecule has 10 heteroatoms. The zero-order chi connectivity index (χ0) is 19.7. The zero-order valence-corrected chi connectivity index (χ0v) is 14.6. The molecule has 138 valence electrons. The molecule has 1 fully saturated rings. The number of para-hydroxylation sites is 1. The summed E-state index contributed by atoms with van der Waals surface area (Å²) in [5, 5.41) is 23.5. The Kier molecular flexibility index (Phi) is 4.74. The van der Waals surface area contributed by atoms with Gasteiger partial charge in [0.15, 0.2) is 10.9 Å². The van der Waals surface area contributed by atoms with E-state index in [1.54, 1.807) is 6.07 Å². The molecule has 0 bridgehead atoms. The van der Waals surface area contributed by atoms with Gasteiger partial charge in [-0.15, -0.1) is 0 Å². The summed E-state index contributed by atoms with van der Waals surface area (Å²) in [4.78, 5) is 23.9. The molecule has 0 aromatic heterocycles. The van der Waals surface area contributed by atoms with Gasteiger partial charge >= 0.3 is 5.69 Å². The number of hydrogen-bond donors (Lipinski definition) is 2. The first-order valence-corrected chi connectivity index (χ1v) is 7.91. The van der Waals surface area contributed by atoms with Gasteiger partial charge in [0.25, 0.3) is 5.91 Å². The van der Waals surface area contributed by atoms with E-state index in [9.17, 15) is 24.4 Å². The number of nitrogens with one attached hydrogen (secondary N) is 1. The minimum atomic E-state index is -0.778. The van der Waals surface area contributed by atoms with Gasteiger partial charge in [-0.25, -0.2) is 9.29 Å². The Hall–Kier alpha value is -3.53.